The van der Waals surface area contributed by atoms with E-state index < -0.39 is 6.36 Å². The third kappa shape index (κ3) is 7.91. The van der Waals surface area contributed by atoms with Gasteiger partial charge in [0.05, 0.1) is 0 Å². The molecule has 0 saturated carbocycles. The fourth-order valence-electron chi connectivity index (χ4n) is 2.31. The summed E-state index contributed by atoms with van der Waals surface area (Å²) in [6.45, 7) is 0.829. The average molecular weight is 403 g/mol. The second-order valence-corrected chi connectivity index (χ2v) is 5.78. The Labute approximate surface area is 162 Å². The third-order valence-electron chi connectivity index (χ3n) is 3.29. The zero-order valence-electron chi connectivity index (χ0n) is 14.5. The molecule has 0 fully saturated rings. The van der Waals surface area contributed by atoms with E-state index in [0.717, 1.165) is 17.7 Å². The largest absolute Gasteiger partial charge is 2.00 e. The van der Waals surface area contributed by atoms with E-state index in [1.54, 1.807) is 12.1 Å². The number of halogens is 3. The van der Waals surface area contributed by atoms with Gasteiger partial charge in [-0.15, -0.1) is 54.6 Å². The van der Waals surface area contributed by atoms with E-state index in [0.29, 0.717) is 0 Å². The summed E-state index contributed by atoms with van der Waals surface area (Å²) in [5, 5.41) is 0. The van der Waals surface area contributed by atoms with E-state index in [-0.39, 0.29) is 22.8 Å². The molecule has 0 N–H and O–H groups in total. The van der Waals surface area contributed by atoms with Crippen molar-refractivity contribution in [3.63, 3.8) is 0 Å². The summed E-state index contributed by atoms with van der Waals surface area (Å²) >= 11 is 0. The molecule has 3 aromatic carbocycles. The predicted molar refractivity (Wildman–Crippen MR) is 93.6 cm³/mol. The third-order valence-corrected chi connectivity index (χ3v) is 3.29. The van der Waals surface area contributed by atoms with Gasteiger partial charge in [0.2, 0.25) is 0 Å². The molecule has 0 radical (unpaired) electrons. The van der Waals surface area contributed by atoms with Gasteiger partial charge < -0.3 is 9.64 Å². The second-order valence-electron chi connectivity index (χ2n) is 5.78. The first-order chi connectivity index (χ1) is 11.8. The smallest absolute Gasteiger partial charge is 0.407 e. The Balaban J connectivity index is 0.000000486. The van der Waals surface area contributed by atoms with E-state index >= 15 is 0 Å². The molecule has 2 nitrogen and oxygen atoms in total. The van der Waals surface area contributed by atoms with Crippen molar-refractivity contribution in [2.45, 2.75) is 12.9 Å². The van der Waals surface area contributed by atoms with Crippen molar-refractivity contribution in [2.75, 3.05) is 14.1 Å². The van der Waals surface area contributed by atoms with Crippen molar-refractivity contribution < 1.29 is 35.0 Å². The summed E-state index contributed by atoms with van der Waals surface area (Å²) < 4.78 is 40.0. The number of benzene rings is 1. The standard InChI is InChI=1S/C15H15F3NO.C5H5.Fe/c1-19(2)10-11-3-4-13(9-11)12-5-7-14(8-6-12)20-15(16,17)18;1-2-4-5-3-1;/h3-9H,10H2,1-2H3;1-5H;/q2*-1;+2. The molecule has 6 heteroatoms. The number of rotatable bonds is 4. The molecule has 26 heavy (non-hydrogen) atoms. The van der Waals surface area contributed by atoms with Crippen LogP contribution in [0.25, 0.3) is 11.1 Å². The first-order valence-electron chi connectivity index (χ1n) is 7.77. The Kier molecular flexibility index (Phi) is 8.66. The fraction of sp³-hybridized carbons (Fsp3) is 0.200. The van der Waals surface area contributed by atoms with Crippen LogP contribution in [0, 0.1) is 0 Å². The zero-order chi connectivity index (χ0) is 18.3. The summed E-state index contributed by atoms with van der Waals surface area (Å²) in [4.78, 5) is 2.05. The minimum absolute atomic E-state index is 0. The molecule has 0 atom stereocenters. The van der Waals surface area contributed by atoms with Gasteiger partial charge in [-0.2, -0.15) is 18.2 Å². The molecule has 0 unspecified atom stereocenters. The molecule has 0 saturated heterocycles. The molecular formula is C20H20F3FeNO. The van der Waals surface area contributed by atoms with E-state index in [4.69, 9.17) is 0 Å². The van der Waals surface area contributed by atoms with E-state index in [1.807, 2.05) is 62.6 Å². The Morgan fingerprint density at radius 3 is 2.12 bits per heavy atom. The van der Waals surface area contributed by atoms with Crippen LogP contribution < -0.4 is 4.74 Å². The number of hydrogen-bond acceptors (Lipinski definition) is 2. The summed E-state index contributed by atoms with van der Waals surface area (Å²) in [5.41, 5.74) is 3.02. The SMILES string of the molecule is CN(C)Cc1cc[c-](-c2ccc(OC(F)(F)F)cc2)c1.[Fe+2].c1cc[cH-]c1. The summed E-state index contributed by atoms with van der Waals surface area (Å²) in [7, 11) is 3.96. The number of nitrogens with zero attached hydrogens (tertiary/aromatic N) is 1. The van der Waals surface area contributed by atoms with Crippen molar-refractivity contribution in [1.29, 1.82) is 0 Å². The second kappa shape index (κ2) is 10.2. The quantitative estimate of drug-likeness (QED) is 0.425. The van der Waals surface area contributed by atoms with Crippen LogP contribution in [0.2, 0.25) is 0 Å². The maximum Gasteiger partial charge on any atom is 2.00 e. The Morgan fingerprint density at radius 1 is 1.04 bits per heavy atom. The maximum absolute atomic E-state index is 12.1. The Morgan fingerprint density at radius 2 is 1.65 bits per heavy atom. The molecule has 3 rings (SSSR count). The molecule has 140 valence electrons. The van der Waals surface area contributed by atoms with Gasteiger partial charge in [-0.3, -0.25) is 0 Å². The number of ether oxygens (including phenoxy) is 1. The van der Waals surface area contributed by atoms with Crippen LogP contribution in [0.5, 0.6) is 5.75 Å². The van der Waals surface area contributed by atoms with Crippen LogP contribution >= 0.6 is 0 Å². The molecule has 0 amide bonds. The van der Waals surface area contributed by atoms with Crippen LogP contribution in [-0.2, 0) is 23.6 Å². The molecule has 3 aromatic rings. The monoisotopic (exact) mass is 403 g/mol. The van der Waals surface area contributed by atoms with Crippen molar-refractivity contribution in [2.24, 2.45) is 0 Å². The topological polar surface area (TPSA) is 12.5 Å². The van der Waals surface area contributed by atoms with Crippen LogP contribution in [-0.4, -0.2) is 25.4 Å². The molecule has 0 aliphatic rings. The van der Waals surface area contributed by atoms with Gasteiger partial charge in [-0.1, -0.05) is 17.7 Å². The first kappa shape index (κ1) is 22.0. The minimum Gasteiger partial charge on any atom is -0.407 e. The molecule has 0 aliphatic heterocycles. The normalized spacial score (nSPS) is 10.7. The van der Waals surface area contributed by atoms with E-state index in [2.05, 4.69) is 9.64 Å². The zero-order valence-corrected chi connectivity index (χ0v) is 15.6. The van der Waals surface area contributed by atoms with Gasteiger partial charge >= 0.3 is 23.4 Å². The number of alkyl halides is 3. The Hall–Kier alpha value is -2.01. The molecule has 0 spiro atoms. The fourth-order valence-corrected chi connectivity index (χ4v) is 2.31. The average Bonchev–Trinajstić information content (AvgIpc) is 3.20. The molecular weight excluding hydrogens is 383 g/mol. The summed E-state index contributed by atoms with van der Waals surface area (Å²) in [6, 6.07) is 21.9. The van der Waals surface area contributed by atoms with Crippen LogP contribution in [0.3, 0.4) is 0 Å². The van der Waals surface area contributed by atoms with Crippen LogP contribution in [0.1, 0.15) is 5.56 Å². The molecule has 0 heterocycles. The van der Waals surface area contributed by atoms with Gasteiger partial charge in [0.25, 0.3) is 0 Å². The van der Waals surface area contributed by atoms with Crippen molar-refractivity contribution in [1.82, 2.24) is 4.90 Å². The van der Waals surface area contributed by atoms with Gasteiger partial charge in [-0.05, 0) is 20.6 Å². The van der Waals surface area contributed by atoms with E-state index in [1.165, 1.54) is 17.7 Å². The van der Waals surface area contributed by atoms with Crippen LogP contribution in [0.15, 0.2) is 72.8 Å². The Bertz CT molecular complexity index is 714. The van der Waals surface area contributed by atoms with Crippen molar-refractivity contribution in [3.05, 3.63) is 78.4 Å². The first-order valence-corrected chi connectivity index (χ1v) is 7.77. The van der Waals surface area contributed by atoms with E-state index in [9.17, 15) is 13.2 Å². The summed E-state index contributed by atoms with van der Waals surface area (Å²) in [6.07, 6.45) is -4.65. The predicted octanol–water partition coefficient (Wildman–Crippen LogP) is 5.44. The van der Waals surface area contributed by atoms with Crippen LogP contribution in [0.4, 0.5) is 13.2 Å². The van der Waals surface area contributed by atoms with Gasteiger partial charge in [-0.25, -0.2) is 12.1 Å². The molecule has 0 bridgehead atoms. The maximum atomic E-state index is 12.1. The molecule has 0 aliphatic carbocycles. The molecule has 0 aromatic heterocycles. The van der Waals surface area contributed by atoms with Crippen molar-refractivity contribution in [3.8, 4) is 16.9 Å². The number of hydrogen-bond donors (Lipinski definition) is 0. The van der Waals surface area contributed by atoms with Gasteiger partial charge in [0.15, 0.2) is 0 Å². The van der Waals surface area contributed by atoms with Gasteiger partial charge in [0.1, 0.15) is 5.75 Å². The van der Waals surface area contributed by atoms with Crippen molar-refractivity contribution >= 4 is 0 Å². The minimum atomic E-state index is -4.65. The summed E-state index contributed by atoms with van der Waals surface area (Å²) in [5.74, 6) is -0.207. The van der Waals surface area contributed by atoms with Gasteiger partial charge in [0, 0.05) is 0 Å².